The third kappa shape index (κ3) is 4.41. The molecule has 0 aromatic heterocycles. The van der Waals surface area contributed by atoms with Gasteiger partial charge in [0.1, 0.15) is 11.4 Å². The van der Waals surface area contributed by atoms with Gasteiger partial charge in [0.2, 0.25) is 10.0 Å². The molecule has 2 aromatic rings. The Morgan fingerprint density at radius 2 is 1.58 bits per heavy atom. The van der Waals surface area contributed by atoms with Crippen molar-refractivity contribution in [3.63, 3.8) is 0 Å². The number of hydrogen-bond donors (Lipinski definition) is 1. The summed E-state index contributed by atoms with van der Waals surface area (Å²) in [6.45, 7) is 1.13. The molecular formula is C18H20ClN3O3S. The normalized spacial score (nSPS) is 16.7. The quantitative estimate of drug-likeness (QED) is 0.740. The summed E-state index contributed by atoms with van der Waals surface area (Å²) in [6.07, 6.45) is 3.94. The number of halogens is 1. The average Bonchev–Trinajstić information content (AvgIpc) is 2.93. The molecule has 0 amide bonds. The molecule has 0 saturated carbocycles. The molecule has 1 aliphatic heterocycles. The molecule has 0 unspecified atom stereocenters. The zero-order valence-corrected chi connectivity index (χ0v) is 15.7. The van der Waals surface area contributed by atoms with Gasteiger partial charge < -0.3 is 5.11 Å². The van der Waals surface area contributed by atoms with E-state index in [1.165, 1.54) is 24.3 Å². The lowest BCUT2D eigenvalue weighted by molar-refractivity contribution is 0.424. The first kappa shape index (κ1) is 18.8. The first-order valence-electron chi connectivity index (χ1n) is 8.47. The van der Waals surface area contributed by atoms with Crippen LogP contribution in [0.5, 0.6) is 5.75 Å². The van der Waals surface area contributed by atoms with Crippen molar-refractivity contribution in [2.45, 2.75) is 30.6 Å². The maximum atomic E-state index is 12.7. The van der Waals surface area contributed by atoms with Gasteiger partial charge in [-0.25, -0.2) is 8.42 Å². The molecule has 8 heteroatoms. The van der Waals surface area contributed by atoms with Crippen LogP contribution in [-0.2, 0) is 10.0 Å². The molecule has 0 spiro atoms. The van der Waals surface area contributed by atoms with Crippen LogP contribution in [-0.4, -0.2) is 30.9 Å². The molecule has 1 heterocycles. The van der Waals surface area contributed by atoms with Gasteiger partial charge in [0.25, 0.3) is 0 Å². The fourth-order valence-corrected chi connectivity index (χ4v) is 4.49. The molecule has 26 heavy (non-hydrogen) atoms. The molecule has 1 N–H and O–H groups in total. The number of hydrogen-bond acceptors (Lipinski definition) is 5. The number of sulfonamides is 1. The molecule has 3 rings (SSSR count). The maximum absolute atomic E-state index is 12.7. The van der Waals surface area contributed by atoms with Crippen LogP contribution in [0.2, 0.25) is 5.02 Å². The average molecular weight is 394 g/mol. The highest BCUT2D eigenvalue weighted by Crippen LogP contribution is 2.31. The summed E-state index contributed by atoms with van der Waals surface area (Å²) in [6, 6.07) is 10.7. The molecule has 1 aliphatic rings. The minimum Gasteiger partial charge on any atom is -0.506 e. The van der Waals surface area contributed by atoms with Crippen molar-refractivity contribution in [1.82, 2.24) is 4.31 Å². The topological polar surface area (TPSA) is 82.3 Å². The summed E-state index contributed by atoms with van der Waals surface area (Å²) in [5, 5.41) is 18.2. The number of phenolic OH excluding ortho intramolecular Hbond substituents is 1. The van der Waals surface area contributed by atoms with Crippen LogP contribution >= 0.6 is 11.6 Å². The number of azo groups is 1. The van der Waals surface area contributed by atoms with Crippen molar-refractivity contribution in [1.29, 1.82) is 0 Å². The minimum atomic E-state index is -3.48. The molecular weight excluding hydrogens is 374 g/mol. The van der Waals surface area contributed by atoms with Gasteiger partial charge in [0.15, 0.2) is 0 Å². The van der Waals surface area contributed by atoms with Crippen LogP contribution in [0, 0.1) is 0 Å². The molecule has 1 saturated heterocycles. The van der Waals surface area contributed by atoms with Gasteiger partial charge in [-0.1, -0.05) is 24.4 Å². The summed E-state index contributed by atoms with van der Waals surface area (Å²) >= 11 is 5.87. The Hall–Kier alpha value is -1.96. The van der Waals surface area contributed by atoms with Crippen molar-refractivity contribution in [2.75, 3.05) is 13.1 Å². The second-order valence-corrected chi connectivity index (χ2v) is 8.52. The summed E-state index contributed by atoms with van der Waals surface area (Å²) in [4.78, 5) is 0.254. The third-order valence-electron chi connectivity index (χ3n) is 4.25. The second kappa shape index (κ2) is 8.16. The Labute approximate surface area is 158 Å². The van der Waals surface area contributed by atoms with Crippen LogP contribution in [0.1, 0.15) is 25.7 Å². The highest BCUT2D eigenvalue weighted by Gasteiger charge is 2.24. The minimum absolute atomic E-state index is 0.0292. The number of nitrogens with zero attached hydrogens (tertiary/aromatic N) is 3. The van der Waals surface area contributed by atoms with Gasteiger partial charge in [0, 0.05) is 18.1 Å². The Kier molecular flexibility index (Phi) is 5.90. The fourth-order valence-electron chi connectivity index (χ4n) is 2.80. The van der Waals surface area contributed by atoms with E-state index in [2.05, 4.69) is 10.2 Å². The standard InChI is InChI=1S/C18H20ClN3O3S/c19-14-5-10-18(23)17(13-14)21-20-15-6-8-16(9-7-15)26(24,25)22-11-3-1-2-4-12-22/h5-10,13,23H,1-4,11-12H2. The maximum Gasteiger partial charge on any atom is 0.243 e. The Morgan fingerprint density at radius 3 is 2.23 bits per heavy atom. The largest absolute Gasteiger partial charge is 0.506 e. The van der Waals surface area contributed by atoms with Crippen molar-refractivity contribution in [3.8, 4) is 5.75 Å². The number of rotatable bonds is 4. The lowest BCUT2D eigenvalue weighted by Crippen LogP contribution is -2.31. The van der Waals surface area contributed by atoms with E-state index in [1.54, 1.807) is 22.5 Å². The zero-order chi connectivity index (χ0) is 18.6. The van der Waals surface area contributed by atoms with Crippen LogP contribution in [0.15, 0.2) is 57.6 Å². The molecule has 0 radical (unpaired) electrons. The van der Waals surface area contributed by atoms with Gasteiger partial charge in [-0.3, -0.25) is 0 Å². The van der Waals surface area contributed by atoms with Crippen LogP contribution < -0.4 is 0 Å². The third-order valence-corrected chi connectivity index (χ3v) is 6.40. The van der Waals surface area contributed by atoms with Crippen molar-refractivity contribution >= 4 is 33.0 Å². The lowest BCUT2D eigenvalue weighted by Gasteiger charge is -2.19. The molecule has 0 bridgehead atoms. The summed E-state index contributed by atoms with van der Waals surface area (Å²) in [5.41, 5.74) is 0.734. The molecule has 138 valence electrons. The van der Waals surface area contributed by atoms with Crippen molar-refractivity contribution in [2.24, 2.45) is 10.2 Å². The predicted molar refractivity (Wildman–Crippen MR) is 101 cm³/mol. The lowest BCUT2D eigenvalue weighted by atomic mass is 10.2. The van der Waals surface area contributed by atoms with Crippen LogP contribution in [0.25, 0.3) is 0 Å². The highest BCUT2D eigenvalue weighted by molar-refractivity contribution is 7.89. The van der Waals surface area contributed by atoms with E-state index >= 15 is 0 Å². The van der Waals surface area contributed by atoms with E-state index in [1.807, 2.05) is 0 Å². The Morgan fingerprint density at radius 1 is 0.923 bits per heavy atom. The highest BCUT2D eigenvalue weighted by atomic mass is 35.5. The Balaban J connectivity index is 1.77. The zero-order valence-electron chi connectivity index (χ0n) is 14.2. The summed E-state index contributed by atoms with van der Waals surface area (Å²) in [7, 11) is -3.48. The van der Waals surface area contributed by atoms with Gasteiger partial charge in [-0.05, 0) is 55.3 Å². The van der Waals surface area contributed by atoms with Gasteiger partial charge in [-0.15, -0.1) is 5.11 Å². The molecule has 6 nitrogen and oxygen atoms in total. The van der Waals surface area contributed by atoms with E-state index in [4.69, 9.17) is 11.6 Å². The van der Waals surface area contributed by atoms with Crippen LogP contribution in [0.4, 0.5) is 11.4 Å². The monoisotopic (exact) mass is 393 g/mol. The number of benzene rings is 2. The smallest absolute Gasteiger partial charge is 0.243 e. The molecule has 2 aromatic carbocycles. The fraction of sp³-hybridized carbons (Fsp3) is 0.333. The Bertz CT molecular complexity index is 890. The molecule has 0 aliphatic carbocycles. The summed E-state index contributed by atoms with van der Waals surface area (Å²) in [5.74, 6) is -0.0292. The van der Waals surface area contributed by atoms with Crippen molar-refractivity contribution < 1.29 is 13.5 Å². The second-order valence-electron chi connectivity index (χ2n) is 6.15. The summed E-state index contributed by atoms with van der Waals surface area (Å²) < 4.78 is 27.0. The van der Waals surface area contributed by atoms with E-state index < -0.39 is 10.0 Å². The van der Waals surface area contributed by atoms with Crippen molar-refractivity contribution in [3.05, 3.63) is 47.5 Å². The first-order valence-corrected chi connectivity index (χ1v) is 10.3. The predicted octanol–water partition coefficient (Wildman–Crippen LogP) is 5.03. The van der Waals surface area contributed by atoms with Gasteiger partial charge in [-0.2, -0.15) is 9.42 Å². The van der Waals surface area contributed by atoms with E-state index in [-0.39, 0.29) is 16.3 Å². The van der Waals surface area contributed by atoms with Gasteiger partial charge in [0.05, 0.1) is 10.6 Å². The molecule has 1 fully saturated rings. The van der Waals surface area contributed by atoms with E-state index in [0.29, 0.717) is 23.8 Å². The molecule has 0 atom stereocenters. The van der Waals surface area contributed by atoms with Gasteiger partial charge >= 0.3 is 0 Å². The number of aromatic hydroxyl groups is 1. The van der Waals surface area contributed by atoms with Crippen LogP contribution in [0.3, 0.4) is 0 Å². The SMILES string of the molecule is O=S(=O)(c1ccc(N=Nc2cc(Cl)ccc2O)cc1)N1CCCCCC1. The van der Waals surface area contributed by atoms with E-state index in [0.717, 1.165) is 25.7 Å². The van der Waals surface area contributed by atoms with E-state index in [9.17, 15) is 13.5 Å². The number of phenols is 1. The first-order chi connectivity index (χ1) is 12.5.